The van der Waals surface area contributed by atoms with Crippen molar-refractivity contribution in [2.24, 2.45) is 0 Å². The van der Waals surface area contributed by atoms with Crippen LogP contribution in [0.25, 0.3) is 11.1 Å². The van der Waals surface area contributed by atoms with Crippen LogP contribution in [0, 0.1) is 0 Å². The van der Waals surface area contributed by atoms with Gasteiger partial charge in [-0.3, -0.25) is 24.0 Å². The maximum absolute atomic E-state index is 15.1. The van der Waals surface area contributed by atoms with E-state index in [1.54, 1.807) is 39.2 Å². The van der Waals surface area contributed by atoms with Crippen LogP contribution in [0.2, 0.25) is 0 Å². The first-order chi connectivity index (χ1) is 46.4. The summed E-state index contributed by atoms with van der Waals surface area (Å²) in [4.78, 5) is 104. The molecule has 6 amide bonds. The van der Waals surface area contributed by atoms with Gasteiger partial charge in [-0.2, -0.15) is 0 Å². The van der Waals surface area contributed by atoms with Crippen LogP contribution >= 0.6 is 0 Å². The fraction of sp³-hybridized carbons (Fsp3) is 0.266. The maximum Gasteiger partial charge on any atom is 0.407 e. The van der Waals surface area contributed by atoms with Crippen LogP contribution in [0.5, 0.6) is 0 Å². The number of carboxylic acids is 1. The number of amides is 6. The first kappa shape index (κ1) is 69.4. The van der Waals surface area contributed by atoms with Crippen molar-refractivity contribution in [2.75, 3.05) is 6.54 Å². The highest BCUT2D eigenvalue weighted by Gasteiger charge is 2.41. The zero-order valence-electron chi connectivity index (χ0n) is 54.9. The molecule has 0 aliphatic rings. The second-order valence-corrected chi connectivity index (χ2v) is 24.9. The van der Waals surface area contributed by atoms with E-state index in [9.17, 15) is 29.1 Å². The van der Waals surface area contributed by atoms with Gasteiger partial charge in [-0.1, -0.05) is 232 Å². The van der Waals surface area contributed by atoms with Crippen LogP contribution < -0.4 is 31.9 Å². The minimum Gasteiger partial charge on any atom is -0.480 e. The Bertz CT molecular complexity index is 3830. The predicted octanol–water partition coefficient (Wildman–Crippen LogP) is 11.8. The third-order valence-electron chi connectivity index (χ3n) is 16.8. The molecule has 1 heterocycles. The van der Waals surface area contributed by atoms with Gasteiger partial charge in [-0.05, 0) is 122 Å². The van der Waals surface area contributed by atoms with Gasteiger partial charge in [0.15, 0.2) is 0 Å². The number of carbonyl (C=O) groups is 7. The number of nitrogens with zero attached hydrogens (tertiary/aromatic N) is 2. The van der Waals surface area contributed by atoms with E-state index in [0.717, 1.165) is 47.1 Å². The standard InChI is InChI=1S/C79H84N8O9/c1-6-7-28-56-42-44-57(45-43-56)58-46-48-59(49-47-58)72(90)83-67(41-26-27-50-80-76(95)96-77(3,4)5)73(91)84-68(51-66-53-87(54-81-66)79(63-35-20-11-21-36-63,64-37-22-12-23-38-64)65-39-24-13-25-40-65)74(92)82-55(2)71(89)85-69(75(93)94)52-70(88)86-78(60-29-14-8-15-30-60,61-31-16-9-17-32-61)62-33-18-10-19-34-62/h8-25,29-40,42-49,53-55,67-69H,6-7,26-28,41,50-52H2,1-5H3,(H,80,95)(H,82,92)(H,83,90)(H,84,91)(H,85,89)(H,86,88)(H,93,94)/t55-,67-,68-,69-/m0/s1. The molecule has 0 bridgehead atoms. The van der Waals surface area contributed by atoms with Crippen molar-refractivity contribution in [3.63, 3.8) is 0 Å². The number of carbonyl (C=O) groups excluding carboxylic acids is 6. The summed E-state index contributed by atoms with van der Waals surface area (Å²) >= 11 is 0. The Morgan fingerprint density at radius 2 is 0.979 bits per heavy atom. The first-order valence-electron chi connectivity index (χ1n) is 32.7. The zero-order chi connectivity index (χ0) is 68.1. The molecule has 9 rings (SSSR count). The second kappa shape index (κ2) is 32.8. The summed E-state index contributed by atoms with van der Waals surface area (Å²) in [5, 5.41) is 27.6. The average molecular weight is 1290 g/mol. The Labute approximate surface area is 561 Å². The Morgan fingerprint density at radius 3 is 1.45 bits per heavy atom. The quantitative estimate of drug-likeness (QED) is 0.0166. The molecular formula is C79H84N8O9. The molecule has 4 atom stereocenters. The molecule has 0 saturated heterocycles. The molecule has 0 spiro atoms. The van der Waals surface area contributed by atoms with E-state index in [1.807, 2.05) is 205 Å². The van der Waals surface area contributed by atoms with Gasteiger partial charge in [-0.25, -0.2) is 14.6 Å². The molecule has 9 aromatic rings. The van der Waals surface area contributed by atoms with Gasteiger partial charge >= 0.3 is 12.1 Å². The number of imidazole rings is 1. The van der Waals surface area contributed by atoms with Crippen molar-refractivity contribution >= 4 is 41.6 Å². The van der Waals surface area contributed by atoms with E-state index in [0.29, 0.717) is 35.2 Å². The lowest BCUT2D eigenvalue weighted by molar-refractivity contribution is -0.144. The summed E-state index contributed by atoms with van der Waals surface area (Å²) in [7, 11) is 0. The van der Waals surface area contributed by atoms with Gasteiger partial charge in [0.1, 0.15) is 40.8 Å². The van der Waals surface area contributed by atoms with Crippen LogP contribution in [0.15, 0.2) is 243 Å². The lowest BCUT2D eigenvalue weighted by atomic mass is 9.77. The predicted molar refractivity (Wildman–Crippen MR) is 371 cm³/mol. The topological polar surface area (TPSA) is 239 Å². The summed E-state index contributed by atoms with van der Waals surface area (Å²) in [5.41, 5.74) is 5.54. The molecule has 0 unspecified atom stereocenters. The molecule has 0 aliphatic carbocycles. The van der Waals surface area contributed by atoms with Gasteiger partial charge in [0.25, 0.3) is 5.91 Å². The molecule has 7 N–H and O–H groups in total. The number of alkyl carbamates (subject to hydrolysis) is 1. The Hall–Kier alpha value is -10.9. The normalized spacial score (nSPS) is 12.8. The lowest BCUT2D eigenvalue weighted by Crippen LogP contribution is -2.58. The number of unbranched alkanes of at least 4 members (excludes halogenated alkanes) is 2. The highest BCUT2D eigenvalue weighted by atomic mass is 16.6. The molecule has 17 nitrogen and oxygen atoms in total. The van der Waals surface area contributed by atoms with E-state index in [2.05, 4.69) is 63.1 Å². The number of hydrogen-bond donors (Lipinski definition) is 7. The molecule has 96 heavy (non-hydrogen) atoms. The Balaban J connectivity index is 1.00. The molecule has 494 valence electrons. The number of ether oxygens (including phenoxy) is 1. The minimum absolute atomic E-state index is 0.0683. The summed E-state index contributed by atoms with van der Waals surface area (Å²) in [6.07, 6.45) is 5.88. The lowest BCUT2D eigenvalue weighted by Gasteiger charge is -2.37. The maximum atomic E-state index is 15.1. The van der Waals surface area contributed by atoms with Gasteiger partial charge in [0, 0.05) is 24.7 Å². The van der Waals surface area contributed by atoms with Gasteiger partial charge in [0.05, 0.1) is 18.4 Å². The van der Waals surface area contributed by atoms with E-state index in [-0.39, 0.29) is 24.9 Å². The third kappa shape index (κ3) is 17.6. The summed E-state index contributed by atoms with van der Waals surface area (Å²) in [5.74, 6) is -5.27. The number of benzene rings is 8. The van der Waals surface area contributed by atoms with Crippen molar-refractivity contribution in [1.29, 1.82) is 0 Å². The minimum atomic E-state index is -1.77. The van der Waals surface area contributed by atoms with Gasteiger partial charge in [0.2, 0.25) is 23.6 Å². The molecule has 0 aliphatic heterocycles. The SMILES string of the molecule is CCCCc1ccc(-c2ccc(C(=O)N[C@@H](CCCCNC(=O)OC(C)(C)C)C(=O)N[C@@H](Cc3cn(C(c4ccccc4)(c4ccccc4)c4ccccc4)cn3)C(=O)N[C@@H](C)C(=O)N[C@@H](CC(=O)NC(c3ccccc3)(c3ccccc3)c3ccccc3)C(=O)O)cc2)cc1. The number of carboxylic acid groups (broad SMARTS) is 1. The molecule has 0 radical (unpaired) electrons. The van der Waals surface area contributed by atoms with Crippen molar-refractivity contribution in [2.45, 2.75) is 127 Å². The van der Waals surface area contributed by atoms with Crippen LogP contribution in [0.1, 0.15) is 128 Å². The summed E-state index contributed by atoms with van der Waals surface area (Å²) in [6.45, 7) is 8.99. The molecule has 8 aromatic carbocycles. The number of aryl methyl sites for hydroxylation is 1. The number of hydrogen-bond acceptors (Lipinski definition) is 9. The van der Waals surface area contributed by atoms with Crippen LogP contribution in [-0.2, 0) is 52.6 Å². The van der Waals surface area contributed by atoms with E-state index in [1.165, 1.54) is 12.5 Å². The van der Waals surface area contributed by atoms with Crippen molar-refractivity contribution < 1.29 is 43.4 Å². The van der Waals surface area contributed by atoms with Crippen LogP contribution in [-0.4, -0.2) is 92.6 Å². The highest BCUT2D eigenvalue weighted by Crippen LogP contribution is 2.41. The molecule has 0 fully saturated rings. The van der Waals surface area contributed by atoms with Crippen molar-refractivity contribution in [1.82, 2.24) is 41.5 Å². The van der Waals surface area contributed by atoms with E-state index in [4.69, 9.17) is 9.72 Å². The smallest absolute Gasteiger partial charge is 0.407 e. The highest BCUT2D eigenvalue weighted by molar-refractivity contribution is 5.99. The largest absolute Gasteiger partial charge is 0.480 e. The third-order valence-corrected chi connectivity index (χ3v) is 16.8. The molecule has 0 saturated carbocycles. The Kier molecular flexibility index (Phi) is 23.7. The fourth-order valence-electron chi connectivity index (χ4n) is 12.0. The zero-order valence-corrected chi connectivity index (χ0v) is 54.9. The monoisotopic (exact) mass is 1290 g/mol. The van der Waals surface area contributed by atoms with E-state index >= 15 is 9.59 Å². The van der Waals surface area contributed by atoms with Crippen LogP contribution in [0.3, 0.4) is 0 Å². The fourth-order valence-corrected chi connectivity index (χ4v) is 12.0. The van der Waals surface area contributed by atoms with Crippen molar-refractivity contribution in [3.05, 3.63) is 293 Å². The van der Waals surface area contributed by atoms with Gasteiger partial charge in [-0.15, -0.1) is 0 Å². The second-order valence-electron chi connectivity index (χ2n) is 24.9. The molecular weight excluding hydrogens is 1200 g/mol. The van der Waals surface area contributed by atoms with E-state index < -0.39 is 88.9 Å². The van der Waals surface area contributed by atoms with Crippen molar-refractivity contribution in [3.8, 4) is 11.1 Å². The number of rotatable bonds is 30. The first-order valence-corrected chi connectivity index (χ1v) is 32.7. The summed E-state index contributed by atoms with van der Waals surface area (Å²) in [6, 6.07) is 67.0. The number of aliphatic carboxylic acids is 1. The Morgan fingerprint density at radius 1 is 0.521 bits per heavy atom. The average Bonchev–Trinajstić information content (AvgIpc) is 1.23. The number of aromatic nitrogens is 2. The molecule has 1 aromatic heterocycles. The summed E-state index contributed by atoms with van der Waals surface area (Å²) < 4.78 is 7.39. The van der Waals surface area contributed by atoms with Crippen LogP contribution in [0.4, 0.5) is 4.79 Å². The molecule has 17 heteroatoms. The number of nitrogens with one attached hydrogen (secondary N) is 6. The van der Waals surface area contributed by atoms with Gasteiger partial charge < -0.3 is 46.3 Å².